The van der Waals surface area contributed by atoms with Crippen molar-refractivity contribution in [2.24, 2.45) is 5.10 Å². The van der Waals surface area contributed by atoms with E-state index in [4.69, 9.17) is 0 Å². The Balaban J connectivity index is 1.84. The quantitative estimate of drug-likeness (QED) is 0.591. The van der Waals surface area contributed by atoms with Gasteiger partial charge in [0.1, 0.15) is 5.82 Å². The van der Waals surface area contributed by atoms with Crippen molar-refractivity contribution < 1.29 is 4.39 Å². The van der Waals surface area contributed by atoms with Crippen molar-refractivity contribution >= 4 is 33.6 Å². The average molecular weight is 286 g/mol. The van der Waals surface area contributed by atoms with Gasteiger partial charge >= 0.3 is 0 Å². The third-order valence-corrected chi connectivity index (χ3v) is 3.57. The number of anilines is 1. The Bertz CT molecular complexity index is 782. The zero-order chi connectivity index (χ0) is 13.9. The highest BCUT2D eigenvalue weighted by molar-refractivity contribution is 7.13. The molecular weight excluding hydrogens is 275 g/mol. The molecule has 100 valence electrons. The van der Waals surface area contributed by atoms with Gasteiger partial charge in [0.15, 0.2) is 0 Å². The van der Waals surface area contributed by atoms with Crippen molar-refractivity contribution in [3.8, 4) is 0 Å². The second-order valence-corrected chi connectivity index (χ2v) is 5.09. The second kappa shape index (κ2) is 5.34. The van der Waals surface area contributed by atoms with Crippen molar-refractivity contribution in [3.63, 3.8) is 0 Å². The minimum atomic E-state index is -0.350. The molecule has 1 aromatic carbocycles. The molecular formula is C14H11FN4S. The molecule has 3 rings (SSSR count). The average Bonchev–Trinajstić information content (AvgIpc) is 2.85. The van der Waals surface area contributed by atoms with Gasteiger partial charge < -0.3 is 0 Å². The summed E-state index contributed by atoms with van der Waals surface area (Å²) in [5, 5.41) is 7.48. The Kier molecular flexibility index (Phi) is 3.39. The van der Waals surface area contributed by atoms with Gasteiger partial charge in [-0.2, -0.15) is 5.10 Å². The number of hydrogen-bond acceptors (Lipinski definition) is 5. The maximum absolute atomic E-state index is 13.9. The van der Waals surface area contributed by atoms with E-state index in [1.54, 1.807) is 12.3 Å². The highest BCUT2D eigenvalue weighted by Crippen LogP contribution is 2.17. The number of nitrogens with one attached hydrogen (secondary N) is 1. The fourth-order valence-corrected chi connectivity index (χ4v) is 2.41. The summed E-state index contributed by atoms with van der Waals surface area (Å²) in [6.07, 6.45) is 3.08. The molecule has 2 heterocycles. The molecule has 0 saturated carbocycles. The third kappa shape index (κ3) is 2.65. The number of hydrazone groups is 1. The Labute approximate surface area is 119 Å². The summed E-state index contributed by atoms with van der Waals surface area (Å²) in [4.78, 5) is 8.31. The van der Waals surface area contributed by atoms with Crippen LogP contribution in [-0.4, -0.2) is 16.2 Å². The molecule has 0 aliphatic heterocycles. The van der Waals surface area contributed by atoms with Crippen LogP contribution < -0.4 is 5.43 Å². The van der Waals surface area contributed by atoms with Crippen molar-refractivity contribution in [3.05, 3.63) is 52.9 Å². The smallest absolute Gasteiger partial charge is 0.203 e. The molecule has 20 heavy (non-hydrogen) atoms. The van der Waals surface area contributed by atoms with Crippen LogP contribution in [0.4, 0.5) is 9.52 Å². The van der Waals surface area contributed by atoms with Gasteiger partial charge in [0.2, 0.25) is 5.13 Å². The van der Waals surface area contributed by atoms with E-state index in [1.165, 1.54) is 23.6 Å². The lowest BCUT2D eigenvalue weighted by Gasteiger charge is -2.00. The Hall–Kier alpha value is -2.34. The van der Waals surface area contributed by atoms with Crippen LogP contribution in [0.5, 0.6) is 0 Å². The number of aryl methyl sites for hydroxylation is 1. The highest BCUT2D eigenvalue weighted by Gasteiger charge is 2.03. The predicted octanol–water partition coefficient (Wildman–Crippen LogP) is 3.58. The number of benzene rings is 1. The molecule has 4 nitrogen and oxygen atoms in total. The van der Waals surface area contributed by atoms with Gasteiger partial charge in [-0.25, -0.2) is 9.37 Å². The monoisotopic (exact) mass is 286 g/mol. The van der Waals surface area contributed by atoms with E-state index in [9.17, 15) is 4.39 Å². The van der Waals surface area contributed by atoms with E-state index in [2.05, 4.69) is 20.5 Å². The number of nitrogens with zero attached hydrogens (tertiary/aromatic N) is 3. The molecule has 0 spiro atoms. The van der Waals surface area contributed by atoms with Crippen LogP contribution >= 0.6 is 11.3 Å². The van der Waals surface area contributed by atoms with Crippen molar-refractivity contribution in [2.45, 2.75) is 6.92 Å². The van der Waals surface area contributed by atoms with Gasteiger partial charge in [-0.3, -0.25) is 10.4 Å². The predicted molar refractivity (Wildman–Crippen MR) is 79.8 cm³/mol. The molecule has 6 heteroatoms. The van der Waals surface area contributed by atoms with Gasteiger partial charge in [0, 0.05) is 28.6 Å². The first-order valence-corrected chi connectivity index (χ1v) is 6.86. The van der Waals surface area contributed by atoms with Gasteiger partial charge in [-0.05, 0) is 19.1 Å². The largest absolute Gasteiger partial charge is 0.256 e. The Morgan fingerprint density at radius 2 is 2.30 bits per heavy atom. The van der Waals surface area contributed by atoms with Crippen LogP contribution in [0, 0.1) is 12.7 Å². The molecule has 0 unspecified atom stereocenters. The molecule has 0 amide bonds. The molecule has 3 aromatic rings. The molecule has 0 radical (unpaired) electrons. The van der Waals surface area contributed by atoms with E-state index in [-0.39, 0.29) is 5.82 Å². The second-order valence-electron chi connectivity index (χ2n) is 4.23. The summed E-state index contributed by atoms with van der Waals surface area (Å²) in [7, 11) is 0. The van der Waals surface area contributed by atoms with E-state index in [1.807, 2.05) is 24.4 Å². The molecule has 0 aliphatic carbocycles. The zero-order valence-electron chi connectivity index (χ0n) is 10.7. The number of fused-ring (bicyclic) bond motifs is 1. The first-order valence-electron chi connectivity index (χ1n) is 5.98. The van der Waals surface area contributed by atoms with Crippen molar-refractivity contribution in [1.82, 2.24) is 9.97 Å². The minimum absolute atomic E-state index is 0.350. The third-order valence-electron chi connectivity index (χ3n) is 2.70. The number of halogens is 1. The summed E-state index contributed by atoms with van der Waals surface area (Å²) in [6, 6.07) is 6.83. The fourth-order valence-electron chi connectivity index (χ4n) is 1.77. The normalized spacial score (nSPS) is 11.3. The standard InChI is InChI=1S/C14H11FN4S/c1-9-8-20-14(18-9)19-17-7-11-5-10-3-2-4-16-13(10)6-12(11)15/h2-8H,1H3,(H,18,19). The Morgan fingerprint density at radius 1 is 1.40 bits per heavy atom. The number of aromatic nitrogens is 2. The summed E-state index contributed by atoms with van der Waals surface area (Å²) in [6.45, 7) is 1.90. The van der Waals surface area contributed by atoms with E-state index < -0.39 is 0 Å². The zero-order valence-corrected chi connectivity index (χ0v) is 11.5. The van der Waals surface area contributed by atoms with Gasteiger partial charge in [-0.15, -0.1) is 11.3 Å². The summed E-state index contributed by atoms with van der Waals surface area (Å²) in [5.41, 5.74) is 4.75. The molecule has 0 saturated heterocycles. The van der Waals surface area contributed by atoms with Crippen LogP contribution in [0.1, 0.15) is 11.3 Å². The summed E-state index contributed by atoms with van der Waals surface area (Å²) < 4.78 is 13.9. The van der Waals surface area contributed by atoms with Crippen LogP contribution in [0.15, 0.2) is 40.9 Å². The minimum Gasteiger partial charge on any atom is -0.256 e. The molecule has 0 aliphatic rings. The van der Waals surface area contributed by atoms with Gasteiger partial charge in [-0.1, -0.05) is 6.07 Å². The summed E-state index contributed by atoms with van der Waals surface area (Å²) >= 11 is 1.45. The van der Waals surface area contributed by atoms with Crippen molar-refractivity contribution in [1.29, 1.82) is 0 Å². The van der Waals surface area contributed by atoms with Crippen LogP contribution in [0.3, 0.4) is 0 Å². The first kappa shape index (κ1) is 12.7. The van der Waals surface area contributed by atoms with Crippen LogP contribution in [-0.2, 0) is 0 Å². The molecule has 0 bridgehead atoms. The highest BCUT2D eigenvalue weighted by atomic mass is 32.1. The first-order chi connectivity index (χ1) is 9.72. The van der Waals surface area contributed by atoms with E-state index in [0.29, 0.717) is 16.2 Å². The van der Waals surface area contributed by atoms with Crippen LogP contribution in [0.25, 0.3) is 10.9 Å². The lowest BCUT2D eigenvalue weighted by molar-refractivity contribution is 0.627. The molecule has 0 atom stereocenters. The summed E-state index contributed by atoms with van der Waals surface area (Å²) in [5.74, 6) is -0.350. The SMILES string of the molecule is Cc1csc(NN=Cc2cc3cccnc3cc2F)n1. The maximum atomic E-state index is 13.9. The lowest BCUT2D eigenvalue weighted by atomic mass is 10.1. The number of hydrogen-bond donors (Lipinski definition) is 1. The number of rotatable bonds is 3. The number of pyridine rings is 1. The fraction of sp³-hybridized carbons (Fsp3) is 0.0714. The van der Waals surface area contributed by atoms with Gasteiger partial charge in [0.25, 0.3) is 0 Å². The van der Waals surface area contributed by atoms with E-state index >= 15 is 0 Å². The van der Waals surface area contributed by atoms with Gasteiger partial charge in [0.05, 0.1) is 17.4 Å². The van der Waals surface area contributed by atoms with Crippen molar-refractivity contribution in [2.75, 3.05) is 5.43 Å². The molecule has 2 aromatic heterocycles. The topological polar surface area (TPSA) is 50.2 Å². The lowest BCUT2D eigenvalue weighted by Crippen LogP contribution is -1.94. The van der Waals surface area contributed by atoms with Crippen LogP contribution in [0.2, 0.25) is 0 Å². The molecule has 1 N–H and O–H groups in total. The molecule has 0 fully saturated rings. The maximum Gasteiger partial charge on any atom is 0.203 e. The Morgan fingerprint density at radius 3 is 3.10 bits per heavy atom. The number of thiazole rings is 1. The van der Waals surface area contributed by atoms with E-state index in [0.717, 1.165) is 11.1 Å².